The maximum absolute atomic E-state index is 13.2. The van der Waals surface area contributed by atoms with E-state index in [1.54, 1.807) is 0 Å². The molecule has 0 saturated carbocycles. The van der Waals surface area contributed by atoms with Crippen molar-refractivity contribution in [3.8, 4) is 0 Å². The van der Waals surface area contributed by atoms with Crippen molar-refractivity contribution in [3.05, 3.63) is 59.4 Å². The van der Waals surface area contributed by atoms with Gasteiger partial charge in [0, 0.05) is 5.69 Å². The van der Waals surface area contributed by atoms with Crippen LogP contribution < -0.4 is 4.72 Å². The van der Waals surface area contributed by atoms with Crippen molar-refractivity contribution in [2.24, 2.45) is 0 Å². The van der Waals surface area contributed by atoms with E-state index >= 15 is 0 Å². The highest BCUT2D eigenvalue weighted by Gasteiger charge is 2.35. The van der Waals surface area contributed by atoms with Gasteiger partial charge in [-0.25, -0.2) is 17.6 Å². The Hall–Kier alpha value is -2.62. The summed E-state index contributed by atoms with van der Waals surface area (Å²) in [5, 5.41) is 8.84. The number of hydrogen-bond donors (Lipinski definition) is 2. The number of sulfonamides is 1. The van der Waals surface area contributed by atoms with E-state index in [0.29, 0.717) is 12.1 Å². The van der Waals surface area contributed by atoms with Crippen LogP contribution in [0.4, 0.5) is 23.2 Å². The number of halogens is 4. The second kappa shape index (κ2) is 6.11. The number of nitrogens with one attached hydrogen (secondary N) is 1. The minimum atomic E-state index is -5.06. The number of hydrogen-bond acceptors (Lipinski definition) is 3. The number of carboxylic acids is 1. The molecular formula is C14H9F4NO4S. The summed E-state index contributed by atoms with van der Waals surface area (Å²) in [6.45, 7) is 0. The Morgan fingerprint density at radius 3 is 2.33 bits per heavy atom. The minimum absolute atomic E-state index is 0.159. The average molecular weight is 363 g/mol. The lowest BCUT2D eigenvalue weighted by Gasteiger charge is -2.12. The molecule has 128 valence electrons. The van der Waals surface area contributed by atoms with Gasteiger partial charge in [0.05, 0.1) is 16.0 Å². The standard InChI is InChI=1S/C14H9F4NO4S/c15-12-5-4-10(7-11(12)14(16,17)18)24(22,23)19-9-3-1-2-8(6-9)13(20)21/h1-7,19H,(H,20,21). The molecule has 2 aromatic carbocycles. The molecule has 2 rings (SSSR count). The fraction of sp³-hybridized carbons (Fsp3) is 0.0714. The highest BCUT2D eigenvalue weighted by atomic mass is 32.2. The first-order chi connectivity index (χ1) is 11.0. The first-order valence-electron chi connectivity index (χ1n) is 6.23. The molecule has 0 bridgehead atoms. The summed E-state index contributed by atoms with van der Waals surface area (Å²) in [5.41, 5.74) is -2.09. The first-order valence-corrected chi connectivity index (χ1v) is 7.72. The number of rotatable bonds is 4. The number of anilines is 1. The summed E-state index contributed by atoms with van der Waals surface area (Å²) in [5.74, 6) is -2.91. The molecule has 2 aromatic rings. The molecule has 2 N–H and O–H groups in total. The summed E-state index contributed by atoms with van der Waals surface area (Å²) in [6.07, 6.45) is -5.06. The number of alkyl halides is 3. The Morgan fingerprint density at radius 2 is 1.75 bits per heavy atom. The van der Waals surface area contributed by atoms with Crippen molar-refractivity contribution in [2.45, 2.75) is 11.1 Å². The van der Waals surface area contributed by atoms with Gasteiger partial charge in [0.1, 0.15) is 5.82 Å². The molecule has 5 nitrogen and oxygen atoms in total. The lowest BCUT2D eigenvalue weighted by molar-refractivity contribution is -0.140. The Labute approximate surface area is 133 Å². The van der Waals surface area contributed by atoms with Crippen molar-refractivity contribution >= 4 is 21.7 Å². The van der Waals surface area contributed by atoms with Gasteiger partial charge in [-0.2, -0.15) is 13.2 Å². The highest BCUT2D eigenvalue weighted by molar-refractivity contribution is 7.92. The van der Waals surface area contributed by atoms with E-state index in [-0.39, 0.29) is 17.3 Å². The van der Waals surface area contributed by atoms with E-state index < -0.39 is 38.4 Å². The Morgan fingerprint density at radius 1 is 1.08 bits per heavy atom. The molecule has 24 heavy (non-hydrogen) atoms. The van der Waals surface area contributed by atoms with Crippen LogP contribution in [-0.4, -0.2) is 19.5 Å². The number of aromatic carboxylic acids is 1. The third-order valence-electron chi connectivity index (χ3n) is 2.92. The maximum atomic E-state index is 13.2. The average Bonchev–Trinajstić information content (AvgIpc) is 2.46. The molecule has 10 heteroatoms. The molecule has 0 unspecified atom stereocenters. The van der Waals surface area contributed by atoms with Crippen molar-refractivity contribution in [1.82, 2.24) is 0 Å². The molecule has 0 atom stereocenters. The molecular weight excluding hydrogens is 354 g/mol. The molecule has 0 heterocycles. The Bertz CT molecular complexity index is 894. The smallest absolute Gasteiger partial charge is 0.419 e. The zero-order valence-electron chi connectivity index (χ0n) is 11.6. The van der Waals surface area contributed by atoms with Crippen LogP contribution in [0.2, 0.25) is 0 Å². The minimum Gasteiger partial charge on any atom is -0.478 e. The quantitative estimate of drug-likeness (QED) is 0.816. The van der Waals surface area contributed by atoms with Gasteiger partial charge in [0.2, 0.25) is 0 Å². The predicted octanol–water partition coefficient (Wildman–Crippen LogP) is 3.34. The SMILES string of the molecule is O=C(O)c1cccc(NS(=O)(=O)c2ccc(F)c(C(F)(F)F)c2)c1. The normalized spacial score (nSPS) is 12.0. The van der Waals surface area contributed by atoms with Gasteiger partial charge in [-0.3, -0.25) is 4.72 Å². The van der Waals surface area contributed by atoms with Gasteiger partial charge in [-0.1, -0.05) is 6.07 Å². The van der Waals surface area contributed by atoms with Crippen LogP contribution in [0.3, 0.4) is 0 Å². The second-order valence-corrected chi connectivity index (χ2v) is 6.31. The molecule has 0 aliphatic heterocycles. The zero-order valence-corrected chi connectivity index (χ0v) is 12.5. The van der Waals surface area contributed by atoms with Crippen molar-refractivity contribution < 1.29 is 35.9 Å². The summed E-state index contributed by atoms with van der Waals surface area (Å²) in [7, 11) is -4.46. The van der Waals surface area contributed by atoms with Crippen LogP contribution in [-0.2, 0) is 16.2 Å². The summed E-state index contributed by atoms with van der Waals surface area (Å²) in [4.78, 5) is 10.0. The van der Waals surface area contributed by atoms with Gasteiger partial charge in [0.25, 0.3) is 10.0 Å². The van der Waals surface area contributed by atoms with E-state index in [1.807, 2.05) is 4.72 Å². The number of benzene rings is 2. The van der Waals surface area contributed by atoms with Crippen molar-refractivity contribution in [2.75, 3.05) is 4.72 Å². The summed E-state index contributed by atoms with van der Waals surface area (Å²) in [6, 6.07) is 5.91. The van der Waals surface area contributed by atoms with Crippen LogP contribution >= 0.6 is 0 Å². The first kappa shape index (κ1) is 17.7. The van der Waals surface area contributed by atoms with Gasteiger partial charge >= 0.3 is 12.1 Å². The monoisotopic (exact) mass is 363 g/mol. The fourth-order valence-electron chi connectivity index (χ4n) is 1.82. The molecule has 0 fully saturated rings. The topological polar surface area (TPSA) is 83.5 Å². The second-order valence-electron chi connectivity index (χ2n) is 4.63. The van der Waals surface area contributed by atoms with Crippen molar-refractivity contribution in [1.29, 1.82) is 0 Å². The largest absolute Gasteiger partial charge is 0.478 e. The van der Waals surface area contributed by atoms with Crippen LogP contribution in [0.15, 0.2) is 47.4 Å². The molecule has 0 spiro atoms. The summed E-state index contributed by atoms with van der Waals surface area (Å²) < 4.78 is 77.4. The molecule has 0 aliphatic rings. The van der Waals surface area contributed by atoms with Crippen LogP contribution in [0.25, 0.3) is 0 Å². The van der Waals surface area contributed by atoms with Gasteiger partial charge in [-0.15, -0.1) is 0 Å². The molecule has 0 aliphatic carbocycles. The Kier molecular flexibility index (Phi) is 4.52. The third kappa shape index (κ3) is 3.82. The molecule has 0 saturated heterocycles. The number of carbonyl (C=O) groups is 1. The third-order valence-corrected chi connectivity index (χ3v) is 4.29. The highest BCUT2D eigenvalue weighted by Crippen LogP contribution is 2.33. The van der Waals surface area contributed by atoms with E-state index in [0.717, 1.165) is 6.07 Å². The zero-order chi connectivity index (χ0) is 18.1. The molecule has 0 amide bonds. The lowest BCUT2D eigenvalue weighted by Crippen LogP contribution is -2.16. The van der Waals surface area contributed by atoms with E-state index in [4.69, 9.17) is 5.11 Å². The van der Waals surface area contributed by atoms with Crippen molar-refractivity contribution in [3.63, 3.8) is 0 Å². The van der Waals surface area contributed by atoms with E-state index in [2.05, 4.69) is 0 Å². The van der Waals surface area contributed by atoms with Crippen LogP contribution in [0.1, 0.15) is 15.9 Å². The lowest BCUT2D eigenvalue weighted by atomic mass is 10.2. The predicted molar refractivity (Wildman–Crippen MR) is 75.6 cm³/mol. The van der Waals surface area contributed by atoms with Crippen LogP contribution in [0.5, 0.6) is 0 Å². The van der Waals surface area contributed by atoms with Gasteiger partial charge in [0.15, 0.2) is 0 Å². The van der Waals surface area contributed by atoms with Crippen LogP contribution in [0, 0.1) is 5.82 Å². The van der Waals surface area contributed by atoms with Gasteiger partial charge in [-0.05, 0) is 36.4 Å². The van der Waals surface area contributed by atoms with E-state index in [1.165, 1.54) is 18.2 Å². The summed E-state index contributed by atoms with van der Waals surface area (Å²) >= 11 is 0. The van der Waals surface area contributed by atoms with E-state index in [9.17, 15) is 30.8 Å². The van der Waals surface area contributed by atoms with Gasteiger partial charge < -0.3 is 5.11 Å². The Balaban J connectivity index is 2.41. The fourth-order valence-corrected chi connectivity index (χ4v) is 2.89. The number of carboxylic acid groups (broad SMARTS) is 1. The maximum Gasteiger partial charge on any atom is 0.419 e. The molecule has 0 aromatic heterocycles. The molecule has 0 radical (unpaired) electrons.